The smallest absolute Gasteiger partial charge is 0.254 e. The molecule has 0 aliphatic heterocycles. The number of hydrogen-bond acceptors (Lipinski definition) is 3. The molecule has 1 saturated carbocycles. The lowest BCUT2D eigenvalue weighted by Crippen LogP contribution is -2.32. The molecule has 0 saturated heterocycles. The molecular weight excluding hydrogens is 268 g/mol. The molecule has 0 atom stereocenters. The molecule has 1 amide bonds. The van der Waals surface area contributed by atoms with Crippen LogP contribution in [0.3, 0.4) is 0 Å². The van der Waals surface area contributed by atoms with E-state index in [-0.39, 0.29) is 5.91 Å². The van der Waals surface area contributed by atoms with Gasteiger partial charge in [-0.05, 0) is 48.9 Å². The Morgan fingerprint density at radius 1 is 1.40 bits per heavy atom. The van der Waals surface area contributed by atoms with Gasteiger partial charge in [0, 0.05) is 22.2 Å². The van der Waals surface area contributed by atoms with Crippen molar-refractivity contribution in [3.63, 3.8) is 0 Å². The van der Waals surface area contributed by atoms with Gasteiger partial charge < -0.3 is 10.6 Å². The third-order valence-corrected chi connectivity index (χ3v) is 4.51. The van der Waals surface area contributed by atoms with Crippen molar-refractivity contribution in [3.8, 4) is 0 Å². The second-order valence-electron chi connectivity index (χ2n) is 5.32. The minimum atomic E-state index is 0.103. The van der Waals surface area contributed by atoms with Crippen LogP contribution in [-0.4, -0.2) is 16.8 Å². The molecule has 3 nitrogen and oxygen atoms in total. The van der Waals surface area contributed by atoms with Crippen molar-refractivity contribution < 1.29 is 4.79 Å². The molecule has 3 rings (SSSR count). The van der Waals surface area contributed by atoms with Crippen molar-refractivity contribution in [2.24, 2.45) is 0 Å². The van der Waals surface area contributed by atoms with Crippen molar-refractivity contribution in [2.75, 3.05) is 5.73 Å². The number of thiophene rings is 1. The van der Waals surface area contributed by atoms with Gasteiger partial charge in [0.1, 0.15) is 0 Å². The minimum absolute atomic E-state index is 0.103. The Balaban J connectivity index is 1.87. The predicted molar refractivity (Wildman–Crippen MR) is 82.8 cm³/mol. The quantitative estimate of drug-likeness (QED) is 0.875. The van der Waals surface area contributed by atoms with Crippen LogP contribution < -0.4 is 5.73 Å². The van der Waals surface area contributed by atoms with Gasteiger partial charge in [0.05, 0.1) is 6.54 Å². The second-order valence-corrected chi connectivity index (χ2v) is 6.35. The molecule has 0 unspecified atom stereocenters. The molecule has 2 aromatic rings. The predicted octanol–water partition coefficient (Wildman–Crippen LogP) is 3.44. The van der Waals surface area contributed by atoms with E-state index in [1.165, 1.54) is 4.88 Å². The van der Waals surface area contributed by atoms with Gasteiger partial charge in [-0.2, -0.15) is 0 Å². The zero-order valence-corrected chi connectivity index (χ0v) is 12.3. The van der Waals surface area contributed by atoms with Crippen molar-refractivity contribution in [1.29, 1.82) is 0 Å². The Labute approximate surface area is 123 Å². The number of carbonyl (C=O) groups excluding carboxylic acids is 1. The average Bonchev–Trinajstić information content (AvgIpc) is 3.15. The summed E-state index contributed by atoms with van der Waals surface area (Å²) >= 11 is 1.70. The topological polar surface area (TPSA) is 46.3 Å². The summed E-state index contributed by atoms with van der Waals surface area (Å²) in [5.74, 6) is 0.103. The number of rotatable bonds is 4. The van der Waals surface area contributed by atoms with Crippen LogP contribution >= 0.6 is 11.3 Å². The number of benzene rings is 1. The van der Waals surface area contributed by atoms with E-state index in [1.54, 1.807) is 17.4 Å². The molecule has 1 heterocycles. The Hall–Kier alpha value is -1.81. The third kappa shape index (κ3) is 2.70. The highest BCUT2D eigenvalue weighted by molar-refractivity contribution is 7.09. The fraction of sp³-hybridized carbons (Fsp3) is 0.312. The Bertz CT molecular complexity index is 617. The summed E-state index contributed by atoms with van der Waals surface area (Å²) in [6, 6.07) is 10.1. The summed E-state index contributed by atoms with van der Waals surface area (Å²) in [6.45, 7) is 2.66. The van der Waals surface area contributed by atoms with E-state index in [0.29, 0.717) is 18.3 Å². The second kappa shape index (κ2) is 5.29. The van der Waals surface area contributed by atoms with Crippen LogP contribution in [0.25, 0.3) is 0 Å². The number of nitrogen functional groups attached to an aromatic ring is 1. The van der Waals surface area contributed by atoms with E-state index >= 15 is 0 Å². The fourth-order valence-corrected chi connectivity index (χ4v) is 3.05. The van der Waals surface area contributed by atoms with E-state index in [4.69, 9.17) is 5.73 Å². The third-order valence-electron chi connectivity index (χ3n) is 3.65. The van der Waals surface area contributed by atoms with Gasteiger partial charge in [-0.1, -0.05) is 12.1 Å². The Kier molecular flexibility index (Phi) is 3.49. The highest BCUT2D eigenvalue weighted by Crippen LogP contribution is 2.31. The maximum absolute atomic E-state index is 12.8. The highest BCUT2D eigenvalue weighted by Gasteiger charge is 2.33. The summed E-state index contributed by atoms with van der Waals surface area (Å²) < 4.78 is 0. The molecule has 0 radical (unpaired) electrons. The molecule has 0 bridgehead atoms. The normalized spacial score (nSPS) is 14.2. The van der Waals surface area contributed by atoms with Gasteiger partial charge in [-0.25, -0.2) is 0 Å². The molecule has 2 N–H and O–H groups in total. The van der Waals surface area contributed by atoms with E-state index in [2.05, 4.69) is 11.4 Å². The van der Waals surface area contributed by atoms with Crippen LogP contribution in [-0.2, 0) is 6.54 Å². The maximum atomic E-state index is 12.8. The molecule has 0 spiro atoms. The summed E-state index contributed by atoms with van der Waals surface area (Å²) in [5, 5.41) is 2.05. The summed E-state index contributed by atoms with van der Waals surface area (Å²) in [6.07, 6.45) is 2.22. The highest BCUT2D eigenvalue weighted by atomic mass is 32.1. The Morgan fingerprint density at radius 3 is 2.85 bits per heavy atom. The fourth-order valence-electron chi connectivity index (χ4n) is 2.35. The van der Waals surface area contributed by atoms with E-state index in [9.17, 15) is 4.79 Å². The van der Waals surface area contributed by atoms with E-state index < -0.39 is 0 Å². The van der Waals surface area contributed by atoms with Crippen LogP contribution in [0.15, 0.2) is 35.7 Å². The first-order valence-electron chi connectivity index (χ1n) is 6.84. The van der Waals surface area contributed by atoms with Crippen molar-refractivity contribution >= 4 is 22.9 Å². The van der Waals surface area contributed by atoms with Crippen LogP contribution in [0.4, 0.5) is 5.69 Å². The monoisotopic (exact) mass is 286 g/mol. The summed E-state index contributed by atoms with van der Waals surface area (Å²) in [7, 11) is 0. The Morgan fingerprint density at radius 2 is 2.20 bits per heavy atom. The van der Waals surface area contributed by atoms with Gasteiger partial charge >= 0.3 is 0 Å². The van der Waals surface area contributed by atoms with E-state index in [0.717, 1.165) is 24.0 Å². The maximum Gasteiger partial charge on any atom is 0.254 e. The first-order chi connectivity index (χ1) is 9.65. The molecule has 1 aliphatic carbocycles. The number of carbonyl (C=O) groups is 1. The number of nitrogens with two attached hydrogens (primary N) is 1. The van der Waals surface area contributed by atoms with Gasteiger partial charge in [-0.15, -0.1) is 11.3 Å². The molecule has 4 heteroatoms. The first kappa shape index (κ1) is 13.2. The van der Waals surface area contributed by atoms with Crippen molar-refractivity contribution in [3.05, 3.63) is 51.7 Å². The molecule has 104 valence electrons. The SMILES string of the molecule is Cc1ccc(N)cc1C(=O)N(Cc1cccs1)C1CC1. The van der Waals surface area contributed by atoms with E-state index in [1.807, 2.05) is 30.0 Å². The lowest BCUT2D eigenvalue weighted by molar-refractivity contribution is 0.0731. The van der Waals surface area contributed by atoms with Gasteiger partial charge in [0.25, 0.3) is 5.91 Å². The lowest BCUT2D eigenvalue weighted by atomic mass is 10.1. The molecule has 1 aromatic heterocycles. The number of anilines is 1. The molecular formula is C16H18N2OS. The molecule has 1 aliphatic rings. The number of nitrogens with zero attached hydrogens (tertiary/aromatic N) is 1. The van der Waals surface area contributed by atoms with Crippen LogP contribution in [0.1, 0.15) is 33.6 Å². The molecule has 1 fully saturated rings. The lowest BCUT2D eigenvalue weighted by Gasteiger charge is -2.23. The van der Waals surface area contributed by atoms with Crippen molar-refractivity contribution in [2.45, 2.75) is 32.4 Å². The zero-order chi connectivity index (χ0) is 14.1. The van der Waals surface area contributed by atoms with Crippen LogP contribution in [0.5, 0.6) is 0 Å². The van der Waals surface area contributed by atoms with Gasteiger partial charge in [-0.3, -0.25) is 4.79 Å². The largest absolute Gasteiger partial charge is 0.399 e. The summed E-state index contributed by atoms with van der Waals surface area (Å²) in [5.41, 5.74) is 8.19. The number of aryl methyl sites for hydroxylation is 1. The van der Waals surface area contributed by atoms with Gasteiger partial charge in [0.2, 0.25) is 0 Å². The van der Waals surface area contributed by atoms with Crippen LogP contribution in [0, 0.1) is 6.92 Å². The minimum Gasteiger partial charge on any atom is -0.399 e. The number of hydrogen-bond donors (Lipinski definition) is 1. The number of amides is 1. The van der Waals surface area contributed by atoms with Crippen molar-refractivity contribution in [1.82, 2.24) is 4.90 Å². The average molecular weight is 286 g/mol. The molecule has 20 heavy (non-hydrogen) atoms. The van der Waals surface area contributed by atoms with Crippen LogP contribution in [0.2, 0.25) is 0 Å². The summed E-state index contributed by atoms with van der Waals surface area (Å²) in [4.78, 5) is 16.0. The first-order valence-corrected chi connectivity index (χ1v) is 7.72. The molecule has 1 aromatic carbocycles. The van der Waals surface area contributed by atoms with Gasteiger partial charge in [0.15, 0.2) is 0 Å². The zero-order valence-electron chi connectivity index (χ0n) is 11.5. The standard InChI is InChI=1S/C16H18N2OS/c1-11-4-5-12(17)9-15(11)16(19)18(13-6-7-13)10-14-3-2-8-20-14/h2-5,8-9,13H,6-7,10,17H2,1H3.